The van der Waals surface area contributed by atoms with Gasteiger partial charge in [0.1, 0.15) is 5.75 Å². The highest BCUT2D eigenvalue weighted by atomic mass is 16.3. The Labute approximate surface area is 79.1 Å². The normalized spacial score (nSPS) is 8.92. The zero-order valence-electron chi connectivity index (χ0n) is 8.41. The zero-order chi connectivity index (χ0) is 10.3. The maximum absolute atomic E-state index is 9.17. The molecule has 0 aliphatic heterocycles. The monoisotopic (exact) mass is 183 g/mol. The number of hydrogen-bond acceptors (Lipinski definition) is 3. The maximum Gasteiger partial charge on any atom is 0.137 e. The lowest BCUT2D eigenvalue weighted by molar-refractivity contribution is 0.318. The molecule has 1 aromatic heterocycles. The number of nitrogens with zero attached hydrogens (tertiary/aromatic N) is 1. The van der Waals surface area contributed by atoms with Gasteiger partial charge in [0.05, 0.1) is 5.69 Å². The van der Waals surface area contributed by atoms with Crippen molar-refractivity contribution in [1.82, 2.24) is 4.98 Å². The van der Waals surface area contributed by atoms with Crippen LogP contribution in [0.3, 0.4) is 0 Å². The Kier molecular flexibility index (Phi) is 5.89. The van der Waals surface area contributed by atoms with Crippen LogP contribution in [-0.2, 0) is 6.42 Å². The van der Waals surface area contributed by atoms with E-state index in [1.165, 1.54) is 0 Å². The van der Waals surface area contributed by atoms with Gasteiger partial charge in [-0.05, 0) is 32.4 Å². The first-order valence-electron chi connectivity index (χ1n) is 4.42. The molecule has 0 fully saturated rings. The van der Waals surface area contributed by atoms with Crippen molar-refractivity contribution >= 4 is 0 Å². The number of aromatic hydroxyl groups is 1. The predicted octanol–water partition coefficient (Wildman–Crippen LogP) is 1.66. The van der Waals surface area contributed by atoms with Gasteiger partial charge in [-0.15, -0.1) is 0 Å². The second-order valence-electron chi connectivity index (χ2n) is 2.59. The summed E-state index contributed by atoms with van der Waals surface area (Å²) in [4.78, 5) is 4.14. The van der Waals surface area contributed by atoms with E-state index >= 15 is 0 Å². The quantitative estimate of drug-likeness (QED) is 0.696. The number of pyridine rings is 1. The molecule has 3 heteroatoms. The van der Waals surface area contributed by atoms with Crippen molar-refractivity contribution in [2.75, 3.05) is 6.61 Å². The summed E-state index contributed by atoms with van der Waals surface area (Å²) < 4.78 is 0. The van der Waals surface area contributed by atoms with E-state index < -0.39 is 0 Å². The van der Waals surface area contributed by atoms with Crippen LogP contribution in [0.25, 0.3) is 0 Å². The Morgan fingerprint density at radius 3 is 2.23 bits per heavy atom. The van der Waals surface area contributed by atoms with E-state index in [1.807, 2.05) is 13.8 Å². The third-order valence-corrected chi connectivity index (χ3v) is 1.42. The van der Waals surface area contributed by atoms with E-state index in [0.717, 1.165) is 17.8 Å². The number of aromatic nitrogens is 1. The van der Waals surface area contributed by atoms with Crippen molar-refractivity contribution in [2.24, 2.45) is 0 Å². The summed E-state index contributed by atoms with van der Waals surface area (Å²) in [7, 11) is 0. The summed E-state index contributed by atoms with van der Waals surface area (Å²) in [6.07, 6.45) is 0.785. The average Bonchev–Trinajstić information content (AvgIpc) is 2.10. The first-order valence-corrected chi connectivity index (χ1v) is 4.42. The molecule has 0 saturated carbocycles. The molecule has 0 aromatic carbocycles. The second-order valence-corrected chi connectivity index (χ2v) is 2.59. The van der Waals surface area contributed by atoms with Gasteiger partial charge < -0.3 is 10.2 Å². The van der Waals surface area contributed by atoms with Gasteiger partial charge in [-0.2, -0.15) is 0 Å². The molecule has 0 saturated heterocycles. The Bertz CT molecular complexity index is 249. The van der Waals surface area contributed by atoms with Gasteiger partial charge >= 0.3 is 0 Å². The molecular formula is C10H17NO2. The molecule has 1 rings (SSSR count). The minimum absolute atomic E-state index is 0.250. The van der Waals surface area contributed by atoms with Gasteiger partial charge in [0.25, 0.3) is 0 Å². The van der Waals surface area contributed by atoms with E-state index in [-0.39, 0.29) is 6.61 Å². The molecular weight excluding hydrogens is 166 g/mol. The molecule has 0 spiro atoms. The van der Waals surface area contributed by atoms with E-state index in [4.69, 9.17) is 5.11 Å². The van der Waals surface area contributed by atoms with Crippen LogP contribution in [0.5, 0.6) is 5.75 Å². The Morgan fingerprint density at radius 1 is 1.31 bits per heavy atom. The van der Waals surface area contributed by atoms with Crippen molar-refractivity contribution in [1.29, 1.82) is 0 Å². The van der Waals surface area contributed by atoms with Crippen molar-refractivity contribution in [3.05, 3.63) is 23.5 Å². The number of aryl methyl sites for hydroxylation is 2. The predicted molar refractivity (Wildman–Crippen MR) is 52.8 cm³/mol. The highest BCUT2D eigenvalue weighted by Crippen LogP contribution is 2.14. The summed E-state index contributed by atoms with van der Waals surface area (Å²) in [6, 6.07) is 3.48. The number of rotatable bonds is 1. The summed E-state index contributed by atoms with van der Waals surface area (Å²) in [5, 5.41) is 16.7. The number of hydrogen-bond donors (Lipinski definition) is 2. The summed E-state index contributed by atoms with van der Waals surface area (Å²) in [5.41, 5.74) is 1.73. The standard InChI is InChI=1S/C8H11NO.C2H6O/c1-3-7-8(10)5-4-6(2)9-7;1-2-3/h4-5,10H,3H2,1-2H3;3H,2H2,1H3. The van der Waals surface area contributed by atoms with E-state index in [0.29, 0.717) is 5.75 Å². The summed E-state index contributed by atoms with van der Waals surface area (Å²) in [6.45, 7) is 5.82. The second kappa shape index (κ2) is 6.43. The van der Waals surface area contributed by atoms with Crippen LogP contribution in [0, 0.1) is 6.92 Å². The van der Waals surface area contributed by atoms with Gasteiger partial charge in [0, 0.05) is 12.3 Å². The van der Waals surface area contributed by atoms with Gasteiger partial charge in [-0.3, -0.25) is 4.98 Å². The summed E-state index contributed by atoms with van der Waals surface area (Å²) >= 11 is 0. The Morgan fingerprint density at radius 2 is 1.85 bits per heavy atom. The minimum Gasteiger partial charge on any atom is -0.506 e. The molecule has 0 unspecified atom stereocenters. The van der Waals surface area contributed by atoms with Crippen LogP contribution in [0.1, 0.15) is 25.2 Å². The van der Waals surface area contributed by atoms with E-state index in [2.05, 4.69) is 4.98 Å². The first-order chi connectivity index (χ1) is 6.15. The number of aliphatic hydroxyl groups is 1. The van der Waals surface area contributed by atoms with Crippen LogP contribution in [0.15, 0.2) is 12.1 Å². The Balaban J connectivity index is 0.000000424. The SMILES string of the molecule is CCO.CCc1nc(C)ccc1O. The first kappa shape index (κ1) is 11.9. The smallest absolute Gasteiger partial charge is 0.137 e. The molecule has 0 atom stereocenters. The van der Waals surface area contributed by atoms with Crippen molar-refractivity contribution in [3.8, 4) is 5.75 Å². The van der Waals surface area contributed by atoms with Crippen molar-refractivity contribution < 1.29 is 10.2 Å². The summed E-state index contributed by atoms with van der Waals surface area (Å²) in [5.74, 6) is 0.299. The van der Waals surface area contributed by atoms with Gasteiger partial charge in [-0.1, -0.05) is 6.92 Å². The number of aliphatic hydroxyl groups excluding tert-OH is 1. The van der Waals surface area contributed by atoms with Crippen molar-refractivity contribution in [2.45, 2.75) is 27.2 Å². The van der Waals surface area contributed by atoms with Crippen LogP contribution in [0.2, 0.25) is 0 Å². The van der Waals surface area contributed by atoms with Crippen LogP contribution in [-0.4, -0.2) is 21.8 Å². The lowest BCUT2D eigenvalue weighted by atomic mass is 10.2. The molecule has 2 N–H and O–H groups in total. The van der Waals surface area contributed by atoms with E-state index in [9.17, 15) is 5.11 Å². The fourth-order valence-electron chi connectivity index (χ4n) is 0.863. The Hall–Kier alpha value is -1.09. The average molecular weight is 183 g/mol. The molecule has 3 nitrogen and oxygen atoms in total. The maximum atomic E-state index is 9.17. The van der Waals surface area contributed by atoms with Crippen molar-refractivity contribution in [3.63, 3.8) is 0 Å². The molecule has 0 radical (unpaired) electrons. The molecule has 0 aliphatic carbocycles. The molecule has 1 aromatic rings. The third-order valence-electron chi connectivity index (χ3n) is 1.42. The van der Waals surface area contributed by atoms with Crippen LogP contribution >= 0.6 is 0 Å². The van der Waals surface area contributed by atoms with E-state index in [1.54, 1.807) is 19.1 Å². The largest absolute Gasteiger partial charge is 0.506 e. The molecule has 1 heterocycles. The lowest BCUT2D eigenvalue weighted by Gasteiger charge is -1.99. The molecule has 74 valence electrons. The fraction of sp³-hybridized carbons (Fsp3) is 0.500. The molecule has 0 aliphatic rings. The molecule has 0 bridgehead atoms. The molecule has 0 amide bonds. The highest BCUT2D eigenvalue weighted by molar-refractivity contribution is 5.27. The third kappa shape index (κ3) is 4.48. The van der Waals surface area contributed by atoms with Gasteiger partial charge in [-0.25, -0.2) is 0 Å². The van der Waals surface area contributed by atoms with Crippen LogP contribution in [0.4, 0.5) is 0 Å². The van der Waals surface area contributed by atoms with Gasteiger partial charge in [0.15, 0.2) is 0 Å². The topological polar surface area (TPSA) is 53.4 Å². The van der Waals surface area contributed by atoms with Gasteiger partial charge in [0.2, 0.25) is 0 Å². The minimum atomic E-state index is 0.250. The van der Waals surface area contributed by atoms with Crippen LogP contribution < -0.4 is 0 Å². The molecule has 13 heavy (non-hydrogen) atoms. The fourth-order valence-corrected chi connectivity index (χ4v) is 0.863. The highest BCUT2D eigenvalue weighted by Gasteiger charge is 1.97. The zero-order valence-corrected chi connectivity index (χ0v) is 8.41. The lowest BCUT2D eigenvalue weighted by Crippen LogP contribution is -1.89.